The first-order valence-electron chi connectivity index (χ1n) is 5.01. The number of hydrogen-bond donors (Lipinski definition) is 1. The molecule has 1 fully saturated rings. The molecule has 0 aliphatic heterocycles. The molecule has 1 N–H and O–H groups in total. The van der Waals surface area contributed by atoms with E-state index in [2.05, 4.69) is 28.9 Å². The third-order valence-electron chi connectivity index (χ3n) is 2.56. The SMILES string of the molecule is Cc1ccnn1C(C)CNC1CC1. The highest BCUT2D eigenvalue weighted by molar-refractivity contribution is 4.98. The van der Waals surface area contributed by atoms with Gasteiger partial charge in [-0.1, -0.05) is 0 Å². The second kappa shape index (κ2) is 3.50. The topological polar surface area (TPSA) is 29.9 Å². The molecule has 1 aliphatic carbocycles. The molecular weight excluding hydrogens is 162 g/mol. The maximum Gasteiger partial charge on any atom is 0.0618 e. The first-order chi connectivity index (χ1) is 6.27. The zero-order valence-corrected chi connectivity index (χ0v) is 8.33. The average Bonchev–Trinajstić information content (AvgIpc) is 2.84. The van der Waals surface area contributed by atoms with Crippen molar-refractivity contribution in [2.75, 3.05) is 6.54 Å². The minimum absolute atomic E-state index is 0.468. The van der Waals surface area contributed by atoms with E-state index in [0.717, 1.165) is 12.6 Å². The highest BCUT2D eigenvalue weighted by atomic mass is 15.3. The Bertz CT molecular complexity index is 275. The minimum atomic E-state index is 0.468. The third-order valence-corrected chi connectivity index (χ3v) is 2.56. The lowest BCUT2D eigenvalue weighted by atomic mass is 10.3. The molecule has 3 nitrogen and oxygen atoms in total. The summed E-state index contributed by atoms with van der Waals surface area (Å²) in [4.78, 5) is 0. The van der Waals surface area contributed by atoms with E-state index in [9.17, 15) is 0 Å². The molecule has 0 aromatic carbocycles. The molecular formula is C10H17N3. The number of nitrogens with one attached hydrogen (secondary N) is 1. The average molecular weight is 179 g/mol. The molecule has 1 heterocycles. The zero-order valence-electron chi connectivity index (χ0n) is 8.33. The van der Waals surface area contributed by atoms with Crippen LogP contribution >= 0.6 is 0 Å². The Morgan fingerprint density at radius 1 is 1.69 bits per heavy atom. The van der Waals surface area contributed by atoms with E-state index in [1.54, 1.807) is 0 Å². The molecule has 2 rings (SSSR count). The fourth-order valence-corrected chi connectivity index (χ4v) is 1.55. The summed E-state index contributed by atoms with van der Waals surface area (Å²) in [5.41, 5.74) is 1.24. The Labute approximate surface area is 79.1 Å². The summed E-state index contributed by atoms with van der Waals surface area (Å²) in [5, 5.41) is 7.80. The van der Waals surface area contributed by atoms with Gasteiger partial charge in [0.15, 0.2) is 0 Å². The van der Waals surface area contributed by atoms with Gasteiger partial charge < -0.3 is 5.32 Å². The van der Waals surface area contributed by atoms with Crippen molar-refractivity contribution in [1.29, 1.82) is 0 Å². The van der Waals surface area contributed by atoms with E-state index in [0.29, 0.717) is 6.04 Å². The van der Waals surface area contributed by atoms with E-state index < -0.39 is 0 Å². The highest BCUT2D eigenvalue weighted by Gasteiger charge is 2.21. The predicted octanol–water partition coefficient (Wildman–Crippen LogP) is 1.50. The monoisotopic (exact) mass is 179 g/mol. The minimum Gasteiger partial charge on any atom is -0.312 e. The van der Waals surface area contributed by atoms with Crippen LogP contribution in [0.15, 0.2) is 12.3 Å². The van der Waals surface area contributed by atoms with Crippen molar-refractivity contribution in [3.63, 3.8) is 0 Å². The van der Waals surface area contributed by atoms with Gasteiger partial charge in [0.25, 0.3) is 0 Å². The van der Waals surface area contributed by atoms with Gasteiger partial charge in [-0.2, -0.15) is 5.10 Å². The van der Waals surface area contributed by atoms with Crippen molar-refractivity contribution in [3.8, 4) is 0 Å². The first-order valence-corrected chi connectivity index (χ1v) is 5.01. The molecule has 0 amide bonds. The summed E-state index contributed by atoms with van der Waals surface area (Å²) in [5.74, 6) is 0. The largest absolute Gasteiger partial charge is 0.312 e. The van der Waals surface area contributed by atoms with Gasteiger partial charge in [-0.15, -0.1) is 0 Å². The van der Waals surface area contributed by atoms with Crippen molar-refractivity contribution >= 4 is 0 Å². The lowest BCUT2D eigenvalue weighted by Crippen LogP contribution is -2.26. The van der Waals surface area contributed by atoms with Gasteiger partial charge in [0.1, 0.15) is 0 Å². The third kappa shape index (κ3) is 2.10. The van der Waals surface area contributed by atoms with Gasteiger partial charge in [-0.05, 0) is 32.8 Å². The Hall–Kier alpha value is -0.830. The van der Waals surface area contributed by atoms with Gasteiger partial charge in [-0.25, -0.2) is 0 Å². The van der Waals surface area contributed by atoms with Crippen LogP contribution in [0.4, 0.5) is 0 Å². The Balaban J connectivity index is 1.88. The number of rotatable bonds is 4. The molecule has 0 radical (unpaired) electrons. The summed E-state index contributed by atoms with van der Waals surface area (Å²) in [6.45, 7) is 5.34. The van der Waals surface area contributed by atoms with Gasteiger partial charge >= 0.3 is 0 Å². The summed E-state index contributed by atoms with van der Waals surface area (Å²) < 4.78 is 2.08. The summed E-state index contributed by atoms with van der Waals surface area (Å²) in [7, 11) is 0. The van der Waals surface area contributed by atoms with Crippen molar-refractivity contribution in [2.24, 2.45) is 0 Å². The molecule has 0 spiro atoms. The fraction of sp³-hybridized carbons (Fsp3) is 0.700. The van der Waals surface area contributed by atoms with Crippen LogP contribution in [-0.2, 0) is 0 Å². The predicted molar refractivity (Wildman–Crippen MR) is 52.7 cm³/mol. The molecule has 0 bridgehead atoms. The normalized spacial score (nSPS) is 18.9. The van der Waals surface area contributed by atoms with Crippen molar-refractivity contribution in [2.45, 2.75) is 38.8 Å². The maximum absolute atomic E-state index is 4.29. The Morgan fingerprint density at radius 2 is 2.46 bits per heavy atom. The first kappa shape index (κ1) is 8.75. The molecule has 1 aromatic heterocycles. The van der Waals surface area contributed by atoms with Crippen LogP contribution in [0.5, 0.6) is 0 Å². The molecule has 1 aromatic rings. The second-order valence-corrected chi connectivity index (χ2v) is 3.95. The molecule has 1 unspecified atom stereocenters. The molecule has 1 saturated carbocycles. The Morgan fingerprint density at radius 3 is 3.00 bits per heavy atom. The summed E-state index contributed by atoms with van der Waals surface area (Å²) >= 11 is 0. The van der Waals surface area contributed by atoms with Crippen molar-refractivity contribution in [1.82, 2.24) is 15.1 Å². The number of hydrogen-bond acceptors (Lipinski definition) is 2. The van der Waals surface area contributed by atoms with Crippen LogP contribution in [0.1, 0.15) is 31.5 Å². The van der Waals surface area contributed by atoms with Gasteiger partial charge in [0, 0.05) is 24.5 Å². The van der Waals surface area contributed by atoms with Gasteiger partial charge in [-0.3, -0.25) is 4.68 Å². The molecule has 1 atom stereocenters. The quantitative estimate of drug-likeness (QED) is 0.759. The smallest absolute Gasteiger partial charge is 0.0618 e. The summed E-state index contributed by atoms with van der Waals surface area (Å²) in [6.07, 6.45) is 4.57. The molecule has 1 aliphatic rings. The number of nitrogens with zero attached hydrogens (tertiary/aromatic N) is 2. The van der Waals surface area contributed by atoms with Gasteiger partial charge in [0.05, 0.1) is 6.04 Å². The van der Waals surface area contributed by atoms with E-state index in [-0.39, 0.29) is 0 Å². The van der Waals surface area contributed by atoms with Crippen LogP contribution in [0.3, 0.4) is 0 Å². The standard InChI is InChI=1S/C10H17N3/c1-8-5-6-12-13(8)9(2)7-11-10-3-4-10/h5-6,9-11H,3-4,7H2,1-2H3. The fourth-order valence-electron chi connectivity index (χ4n) is 1.55. The lowest BCUT2D eigenvalue weighted by molar-refractivity contribution is 0.444. The van der Waals surface area contributed by atoms with E-state index in [1.165, 1.54) is 18.5 Å². The van der Waals surface area contributed by atoms with E-state index in [4.69, 9.17) is 0 Å². The number of aryl methyl sites for hydroxylation is 1. The zero-order chi connectivity index (χ0) is 9.26. The van der Waals surface area contributed by atoms with E-state index in [1.807, 2.05) is 12.3 Å². The number of aromatic nitrogens is 2. The van der Waals surface area contributed by atoms with Crippen LogP contribution in [0.2, 0.25) is 0 Å². The molecule has 0 saturated heterocycles. The van der Waals surface area contributed by atoms with Gasteiger partial charge in [0.2, 0.25) is 0 Å². The maximum atomic E-state index is 4.29. The van der Waals surface area contributed by atoms with Crippen LogP contribution < -0.4 is 5.32 Å². The Kier molecular flexibility index (Phi) is 2.36. The lowest BCUT2D eigenvalue weighted by Gasteiger charge is -2.14. The van der Waals surface area contributed by atoms with Crippen LogP contribution in [0.25, 0.3) is 0 Å². The van der Waals surface area contributed by atoms with Crippen LogP contribution in [0, 0.1) is 6.92 Å². The molecule has 72 valence electrons. The molecule has 13 heavy (non-hydrogen) atoms. The van der Waals surface area contributed by atoms with Crippen LogP contribution in [-0.4, -0.2) is 22.4 Å². The second-order valence-electron chi connectivity index (χ2n) is 3.95. The summed E-state index contributed by atoms with van der Waals surface area (Å²) in [6, 6.07) is 3.31. The highest BCUT2D eigenvalue weighted by Crippen LogP contribution is 2.19. The van der Waals surface area contributed by atoms with E-state index >= 15 is 0 Å². The van der Waals surface area contributed by atoms with Crippen molar-refractivity contribution < 1.29 is 0 Å². The molecule has 3 heteroatoms. The van der Waals surface area contributed by atoms with Crippen molar-refractivity contribution in [3.05, 3.63) is 18.0 Å².